The molecule has 4 amide bonds. The Kier molecular flexibility index (Phi) is 5.01. The molecule has 134 valence electrons. The summed E-state index contributed by atoms with van der Waals surface area (Å²) < 4.78 is 0. The molecule has 0 aromatic carbocycles. The summed E-state index contributed by atoms with van der Waals surface area (Å²) in [5, 5.41) is 5.60. The van der Waals surface area contributed by atoms with Gasteiger partial charge in [-0.15, -0.1) is 0 Å². The zero-order valence-corrected chi connectivity index (χ0v) is 14.5. The molecule has 1 spiro atoms. The van der Waals surface area contributed by atoms with E-state index in [1.54, 1.807) is 6.20 Å². The Labute approximate surface area is 147 Å². The van der Waals surface area contributed by atoms with Crippen LogP contribution in [0.1, 0.15) is 38.3 Å². The molecule has 0 unspecified atom stereocenters. The average Bonchev–Trinajstić information content (AvgIpc) is 2.84. The van der Waals surface area contributed by atoms with Crippen molar-refractivity contribution in [2.24, 2.45) is 5.92 Å². The number of rotatable bonds is 5. The fourth-order valence-electron chi connectivity index (χ4n) is 3.71. The van der Waals surface area contributed by atoms with Crippen LogP contribution in [0, 0.1) is 5.92 Å². The molecule has 1 aromatic rings. The van der Waals surface area contributed by atoms with Crippen LogP contribution in [0.5, 0.6) is 0 Å². The number of amides is 4. The van der Waals surface area contributed by atoms with Crippen LogP contribution in [0.3, 0.4) is 0 Å². The van der Waals surface area contributed by atoms with Gasteiger partial charge >= 0.3 is 6.03 Å². The smallest absolute Gasteiger partial charge is 0.325 e. The van der Waals surface area contributed by atoms with Gasteiger partial charge in [-0.1, -0.05) is 25.8 Å². The average molecular weight is 344 g/mol. The molecule has 1 saturated heterocycles. The van der Waals surface area contributed by atoms with Crippen molar-refractivity contribution in [3.63, 3.8) is 0 Å². The summed E-state index contributed by atoms with van der Waals surface area (Å²) in [6.45, 7) is 2.18. The maximum Gasteiger partial charge on any atom is 0.325 e. The largest absolute Gasteiger partial charge is 0.354 e. The first kappa shape index (κ1) is 17.4. The van der Waals surface area contributed by atoms with E-state index in [0.717, 1.165) is 29.9 Å². The summed E-state index contributed by atoms with van der Waals surface area (Å²) in [6, 6.07) is 5.15. The number of pyridine rings is 1. The van der Waals surface area contributed by atoms with Crippen LogP contribution in [-0.2, 0) is 16.0 Å². The lowest BCUT2D eigenvalue weighted by Crippen LogP contribution is -2.54. The molecule has 0 bridgehead atoms. The summed E-state index contributed by atoms with van der Waals surface area (Å²) in [7, 11) is 0. The Morgan fingerprint density at radius 1 is 1.40 bits per heavy atom. The Bertz CT molecular complexity index is 664. The maximum absolute atomic E-state index is 12.8. The van der Waals surface area contributed by atoms with Crippen LogP contribution >= 0.6 is 0 Å². The first-order valence-electron chi connectivity index (χ1n) is 8.83. The predicted octanol–water partition coefficient (Wildman–Crippen LogP) is 1.24. The number of nitrogens with zero attached hydrogens (tertiary/aromatic N) is 2. The molecule has 2 N–H and O–H groups in total. The van der Waals surface area contributed by atoms with Crippen molar-refractivity contribution < 1.29 is 14.4 Å². The molecule has 2 atom stereocenters. The summed E-state index contributed by atoms with van der Waals surface area (Å²) >= 11 is 0. The van der Waals surface area contributed by atoms with Gasteiger partial charge in [0.1, 0.15) is 12.1 Å². The number of hydrogen-bond acceptors (Lipinski definition) is 4. The van der Waals surface area contributed by atoms with Crippen molar-refractivity contribution in [3.05, 3.63) is 30.1 Å². The molecule has 0 radical (unpaired) electrons. The van der Waals surface area contributed by atoms with E-state index in [1.165, 1.54) is 0 Å². The lowest BCUT2D eigenvalue weighted by Gasteiger charge is -2.36. The van der Waals surface area contributed by atoms with Gasteiger partial charge in [-0.2, -0.15) is 0 Å². The first-order chi connectivity index (χ1) is 12.0. The molecule has 1 aliphatic carbocycles. The van der Waals surface area contributed by atoms with Crippen molar-refractivity contribution in [1.29, 1.82) is 0 Å². The SMILES string of the molecule is C[C@@H]1CCCC[C@]12NC(=O)N(CC(=O)NCCc1ccccn1)C2=O. The van der Waals surface area contributed by atoms with Gasteiger partial charge in [0.05, 0.1) is 0 Å². The van der Waals surface area contributed by atoms with Gasteiger partial charge in [0.25, 0.3) is 5.91 Å². The van der Waals surface area contributed by atoms with Crippen molar-refractivity contribution in [2.75, 3.05) is 13.1 Å². The topological polar surface area (TPSA) is 91.4 Å². The van der Waals surface area contributed by atoms with Gasteiger partial charge in [0.15, 0.2) is 0 Å². The fourth-order valence-corrected chi connectivity index (χ4v) is 3.71. The quantitative estimate of drug-likeness (QED) is 0.786. The van der Waals surface area contributed by atoms with E-state index in [0.29, 0.717) is 19.4 Å². The van der Waals surface area contributed by atoms with Crippen molar-refractivity contribution >= 4 is 17.8 Å². The molecule has 2 heterocycles. The zero-order chi connectivity index (χ0) is 17.9. The molecule has 1 saturated carbocycles. The minimum Gasteiger partial charge on any atom is -0.354 e. The second kappa shape index (κ2) is 7.21. The van der Waals surface area contributed by atoms with Crippen LogP contribution in [0.15, 0.2) is 24.4 Å². The highest BCUT2D eigenvalue weighted by Gasteiger charge is 2.55. The molecule has 25 heavy (non-hydrogen) atoms. The Balaban J connectivity index is 1.54. The third kappa shape index (κ3) is 3.50. The monoisotopic (exact) mass is 344 g/mol. The highest BCUT2D eigenvalue weighted by Crippen LogP contribution is 2.38. The number of aromatic nitrogens is 1. The van der Waals surface area contributed by atoms with Crippen molar-refractivity contribution in [3.8, 4) is 0 Å². The number of urea groups is 1. The number of carbonyl (C=O) groups is 3. The second-order valence-electron chi connectivity index (χ2n) is 6.86. The van der Waals surface area contributed by atoms with E-state index >= 15 is 0 Å². The van der Waals surface area contributed by atoms with E-state index in [-0.39, 0.29) is 24.3 Å². The van der Waals surface area contributed by atoms with Crippen molar-refractivity contribution in [1.82, 2.24) is 20.5 Å². The van der Waals surface area contributed by atoms with Crippen LogP contribution in [0.4, 0.5) is 4.79 Å². The molecule has 7 heteroatoms. The summed E-state index contributed by atoms with van der Waals surface area (Å²) in [5.74, 6) is -0.501. The van der Waals surface area contributed by atoms with E-state index in [1.807, 2.05) is 25.1 Å². The van der Waals surface area contributed by atoms with E-state index in [2.05, 4.69) is 15.6 Å². The first-order valence-corrected chi connectivity index (χ1v) is 8.83. The molecule has 7 nitrogen and oxygen atoms in total. The number of carbonyl (C=O) groups excluding carboxylic acids is 3. The predicted molar refractivity (Wildman–Crippen MR) is 91.6 cm³/mol. The number of imide groups is 1. The van der Waals surface area contributed by atoms with Gasteiger partial charge in [-0.05, 0) is 30.9 Å². The third-order valence-corrected chi connectivity index (χ3v) is 5.23. The van der Waals surface area contributed by atoms with Gasteiger partial charge in [-0.25, -0.2) is 4.79 Å². The van der Waals surface area contributed by atoms with Gasteiger partial charge in [-0.3, -0.25) is 19.5 Å². The highest BCUT2D eigenvalue weighted by atomic mass is 16.2. The summed E-state index contributed by atoms with van der Waals surface area (Å²) in [6.07, 6.45) is 5.86. The van der Waals surface area contributed by atoms with Gasteiger partial charge < -0.3 is 10.6 Å². The summed E-state index contributed by atoms with van der Waals surface area (Å²) in [4.78, 5) is 42.4. The number of nitrogens with one attached hydrogen (secondary N) is 2. The second-order valence-corrected chi connectivity index (χ2v) is 6.86. The van der Waals surface area contributed by atoms with Gasteiger partial charge in [0, 0.05) is 24.9 Å². The van der Waals surface area contributed by atoms with Crippen LogP contribution in [-0.4, -0.2) is 46.4 Å². The zero-order valence-electron chi connectivity index (χ0n) is 14.5. The van der Waals surface area contributed by atoms with Crippen LogP contribution in [0.25, 0.3) is 0 Å². The molecular weight excluding hydrogens is 320 g/mol. The van der Waals surface area contributed by atoms with E-state index in [9.17, 15) is 14.4 Å². The highest BCUT2D eigenvalue weighted by molar-refractivity contribution is 6.09. The van der Waals surface area contributed by atoms with Crippen LogP contribution < -0.4 is 10.6 Å². The van der Waals surface area contributed by atoms with E-state index in [4.69, 9.17) is 0 Å². The van der Waals surface area contributed by atoms with Gasteiger partial charge in [0.2, 0.25) is 5.91 Å². The van der Waals surface area contributed by atoms with Crippen molar-refractivity contribution in [2.45, 2.75) is 44.6 Å². The summed E-state index contributed by atoms with van der Waals surface area (Å²) in [5.41, 5.74) is 0.0663. The van der Waals surface area contributed by atoms with E-state index < -0.39 is 11.6 Å². The lowest BCUT2D eigenvalue weighted by molar-refractivity contribution is -0.137. The minimum absolute atomic E-state index is 0.0925. The fraction of sp³-hybridized carbons (Fsp3) is 0.556. The molecule has 3 rings (SSSR count). The normalized spacial score (nSPS) is 26.0. The molecular formula is C18H24N4O3. The molecule has 2 aliphatic rings. The standard InChI is InChI=1S/C18H24N4O3/c1-13-6-2-4-9-18(13)16(24)22(17(25)21-18)12-15(23)20-11-8-14-7-3-5-10-19-14/h3,5,7,10,13H,2,4,6,8-9,11-12H2,1H3,(H,20,23)(H,21,25)/t13-,18+/m1/s1. The lowest BCUT2D eigenvalue weighted by atomic mass is 9.73. The Hall–Kier alpha value is -2.44. The Morgan fingerprint density at radius 3 is 2.96 bits per heavy atom. The molecule has 2 fully saturated rings. The molecule has 1 aromatic heterocycles. The maximum atomic E-state index is 12.8. The molecule has 1 aliphatic heterocycles. The minimum atomic E-state index is -0.816. The van der Waals surface area contributed by atoms with Crippen LogP contribution in [0.2, 0.25) is 0 Å². The number of hydrogen-bond donors (Lipinski definition) is 2. The third-order valence-electron chi connectivity index (χ3n) is 5.23. The Morgan fingerprint density at radius 2 is 2.24 bits per heavy atom.